The molecule has 0 aliphatic carbocycles. The summed E-state index contributed by atoms with van der Waals surface area (Å²) in [4.78, 5) is 23.8. The Morgan fingerprint density at radius 2 is 2.00 bits per heavy atom. The fraction of sp³-hybridized carbons (Fsp3) is 0.385. The van der Waals surface area contributed by atoms with E-state index in [0.29, 0.717) is 19.4 Å². The van der Waals surface area contributed by atoms with Crippen molar-refractivity contribution in [3.8, 4) is 0 Å². The highest BCUT2D eigenvalue weighted by molar-refractivity contribution is 5.87. The summed E-state index contributed by atoms with van der Waals surface area (Å²) in [5, 5.41) is 0. The SMILES string of the molecule is CCCCN(C=O)C(=O)Cc1ccccc1. The number of nitrogens with zero attached hydrogens (tertiary/aromatic N) is 1. The Labute approximate surface area is 96.1 Å². The van der Waals surface area contributed by atoms with Gasteiger partial charge in [-0.3, -0.25) is 14.5 Å². The molecule has 0 atom stereocenters. The van der Waals surface area contributed by atoms with Gasteiger partial charge in [0.1, 0.15) is 0 Å². The van der Waals surface area contributed by atoms with E-state index in [0.717, 1.165) is 18.4 Å². The van der Waals surface area contributed by atoms with E-state index in [9.17, 15) is 9.59 Å². The van der Waals surface area contributed by atoms with E-state index in [2.05, 4.69) is 0 Å². The lowest BCUT2D eigenvalue weighted by atomic mass is 10.1. The highest BCUT2D eigenvalue weighted by atomic mass is 16.2. The minimum atomic E-state index is -0.130. The summed E-state index contributed by atoms with van der Waals surface area (Å²) in [7, 11) is 0. The summed E-state index contributed by atoms with van der Waals surface area (Å²) in [5.41, 5.74) is 0.941. The predicted molar refractivity (Wildman–Crippen MR) is 62.8 cm³/mol. The Morgan fingerprint density at radius 3 is 2.56 bits per heavy atom. The van der Waals surface area contributed by atoms with Crippen LogP contribution in [0.2, 0.25) is 0 Å². The van der Waals surface area contributed by atoms with Crippen molar-refractivity contribution in [2.45, 2.75) is 26.2 Å². The van der Waals surface area contributed by atoms with Crippen LogP contribution in [-0.2, 0) is 16.0 Å². The standard InChI is InChI=1S/C13H17NO2/c1-2-3-9-14(11-15)13(16)10-12-7-5-4-6-8-12/h4-8,11H,2-3,9-10H2,1H3. The summed E-state index contributed by atoms with van der Waals surface area (Å²) in [5.74, 6) is -0.130. The lowest BCUT2D eigenvalue weighted by Gasteiger charge is -2.14. The molecular formula is C13H17NO2. The topological polar surface area (TPSA) is 37.4 Å². The van der Waals surface area contributed by atoms with Gasteiger partial charge in [-0.05, 0) is 12.0 Å². The summed E-state index contributed by atoms with van der Waals surface area (Å²) < 4.78 is 0. The van der Waals surface area contributed by atoms with Gasteiger partial charge < -0.3 is 0 Å². The second-order valence-corrected chi connectivity index (χ2v) is 3.71. The third-order valence-electron chi connectivity index (χ3n) is 2.40. The molecule has 3 heteroatoms. The first-order chi connectivity index (χ1) is 7.77. The average Bonchev–Trinajstić information content (AvgIpc) is 2.31. The number of rotatable bonds is 6. The fourth-order valence-corrected chi connectivity index (χ4v) is 1.44. The van der Waals surface area contributed by atoms with Gasteiger partial charge in [-0.2, -0.15) is 0 Å². The Kier molecular flexibility index (Phi) is 5.26. The van der Waals surface area contributed by atoms with Gasteiger partial charge in [0.05, 0.1) is 6.42 Å². The molecule has 1 aromatic rings. The smallest absolute Gasteiger partial charge is 0.233 e. The van der Waals surface area contributed by atoms with Gasteiger partial charge in [-0.15, -0.1) is 0 Å². The molecule has 16 heavy (non-hydrogen) atoms. The highest BCUT2D eigenvalue weighted by Crippen LogP contribution is 2.03. The summed E-state index contributed by atoms with van der Waals surface area (Å²) in [6.45, 7) is 2.55. The van der Waals surface area contributed by atoms with Gasteiger partial charge in [-0.1, -0.05) is 43.7 Å². The molecule has 0 heterocycles. The van der Waals surface area contributed by atoms with Crippen molar-refractivity contribution < 1.29 is 9.59 Å². The Bertz CT molecular complexity index is 335. The number of carbonyl (C=O) groups excluding carboxylic acids is 2. The molecule has 3 nitrogen and oxygen atoms in total. The molecule has 0 aromatic heterocycles. The van der Waals surface area contributed by atoms with Crippen LogP contribution in [0.1, 0.15) is 25.3 Å². The molecule has 1 aromatic carbocycles. The third-order valence-corrected chi connectivity index (χ3v) is 2.40. The summed E-state index contributed by atoms with van der Waals surface area (Å²) >= 11 is 0. The van der Waals surface area contributed by atoms with Crippen molar-refractivity contribution in [1.29, 1.82) is 0 Å². The quantitative estimate of drug-likeness (QED) is 0.686. The first-order valence-corrected chi connectivity index (χ1v) is 5.56. The van der Waals surface area contributed by atoms with Crippen molar-refractivity contribution in [1.82, 2.24) is 4.90 Å². The van der Waals surface area contributed by atoms with Gasteiger partial charge in [-0.25, -0.2) is 0 Å². The lowest BCUT2D eigenvalue weighted by Crippen LogP contribution is -2.31. The molecule has 86 valence electrons. The number of imide groups is 1. The zero-order valence-corrected chi connectivity index (χ0v) is 9.56. The highest BCUT2D eigenvalue weighted by Gasteiger charge is 2.11. The molecule has 0 saturated heterocycles. The molecule has 0 radical (unpaired) electrons. The summed E-state index contributed by atoms with van der Waals surface area (Å²) in [6.07, 6.45) is 2.76. The first kappa shape index (κ1) is 12.4. The van der Waals surface area contributed by atoms with E-state index < -0.39 is 0 Å². The molecule has 0 bridgehead atoms. The van der Waals surface area contributed by atoms with Crippen LogP contribution < -0.4 is 0 Å². The maximum atomic E-state index is 11.7. The van der Waals surface area contributed by atoms with Crippen molar-refractivity contribution in [2.24, 2.45) is 0 Å². The van der Waals surface area contributed by atoms with E-state index >= 15 is 0 Å². The van der Waals surface area contributed by atoms with Gasteiger partial charge in [0, 0.05) is 6.54 Å². The molecule has 0 N–H and O–H groups in total. The van der Waals surface area contributed by atoms with Crippen molar-refractivity contribution in [3.63, 3.8) is 0 Å². The molecule has 1 rings (SSSR count). The summed E-state index contributed by atoms with van der Waals surface area (Å²) in [6, 6.07) is 9.46. The zero-order chi connectivity index (χ0) is 11.8. The molecule has 0 aliphatic rings. The van der Waals surface area contributed by atoms with Crippen LogP contribution in [0.15, 0.2) is 30.3 Å². The van der Waals surface area contributed by atoms with E-state index in [4.69, 9.17) is 0 Å². The molecule has 0 unspecified atom stereocenters. The second kappa shape index (κ2) is 6.77. The van der Waals surface area contributed by atoms with Crippen molar-refractivity contribution in [2.75, 3.05) is 6.54 Å². The van der Waals surface area contributed by atoms with Crippen molar-refractivity contribution >= 4 is 12.3 Å². The number of amides is 2. The number of hydrogen-bond donors (Lipinski definition) is 0. The molecular weight excluding hydrogens is 202 g/mol. The first-order valence-electron chi connectivity index (χ1n) is 5.56. The molecule has 0 spiro atoms. The zero-order valence-electron chi connectivity index (χ0n) is 9.56. The fourth-order valence-electron chi connectivity index (χ4n) is 1.44. The Balaban J connectivity index is 2.53. The average molecular weight is 219 g/mol. The maximum absolute atomic E-state index is 11.7. The molecule has 2 amide bonds. The normalized spacial score (nSPS) is 9.81. The number of unbranched alkanes of at least 4 members (excludes halogenated alkanes) is 1. The predicted octanol–water partition coefficient (Wildman–Crippen LogP) is 2.01. The largest absolute Gasteiger partial charge is 0.285 e. The molecule has 0 aliphatic heterocycles. The minimum absolute atomic E-state index is 0.130. The monoisotopic (exact) mass is 219 g/mol. The van der Waals surface area contributed by atoms with Gasteiger partial charge in [0.2, 0.25) is 12.3 Å². The van der Waals surface area contributed by atoms with Gasteiger partial charge in [0.15, 0.2) is 0 Å². The van der Waals surface area contributed by atoms with E-state index in [-0.39, 0.29) is 5.91 Å². The third kappa shape index (κ3) is 3.85. The van der Waals surface area contributed by atoms with Crippen LogP contribution in [0, 0.1) is 0 Å². The molecule has 0 saturated carbocycles. The van der Waals surface area contributed by atoms with Gasteiger partial charge in [0.25, 0.3) is 0 Å². The number of carbonyl (C=O) groups is 2. The van der Waals surface area contributed by atoms with E-state index in [1.807, 2.05) is 37.3 Å². The number of benzene rings is 1. The van der Waals surface area contributed by atoms with Crippen LogP contribution in [-0.4, -0.2) is 23.8 Å². The Morgan fingerprint density at radius 1 is 1.31 bits per heavy atom. The Hall–Kier alpha value is -1.64. The molecule has 0 fully saturated rings. The van der Waals surface area contributed by atoms with Crippen LogP contribution >= 0.6 is 0 Å². The van der Waals surface area contributed by atoms with Gasteiger partial charge >= 0.3 is 0 Å². The number of hydrogen-bond acceptors (Lipinski definition) is 2. The maximum Gasteiger partial charge on any atom is 0.233 e. The van der Waals surface area contributed by atoms with Crippen LogP contribution in [0.25, 0.3) is 0 Å². The van der Waals surface area contributed by atoms with Crippen molar-refractivity contribution in [3.05, 3.63) is 35.9 Å². The lowest BCUT2D eigenvalue weighted by molar-refractivity contribution is -0.137. The van der Waals surface area contributed by atoms with Crippen LogP contribution in [0.3, 0.4) is 0 Å². The van der Waals surface area contributed by atoms with E-state index in [1.54, 1.807) is 0 Å². The minimum Gasteiger partial charge on any atom is -0.285 e. The second-order valence-electron chi connectivity index (χ2n) is 3.71. The van der Waals surface area contributed by atoms with E-state index in [1.165, 1.54) is 4.90 Å². The van der Waals surface area contributed by atoms with Crippen LogP contribution in [0.4, 0.5) is 0 Å². The van der Waals surface area contributed by atoms with Crippen LogP contribution in [0.5, 0.6) is 0 Å².